The molecule has 4 rings (SSSR count). The number of hydrogen-bond acceptors (Lipinski definition) is 6. The number of carbonyl (C=O) groups is 1. The first-order chi connectivity index (χ1) is 16.5. The van der Waals surface area contributed by atoms with Crippen LogP contribution in [0.4, 0.5) is 9.18 Å². The summed E-state index contributed by atoms with van der Waals surface area (Å²) in [7, 11) is 3.12. The molecule has 34 heavy (non-hydrogen) atoms. The van der Waals surface area contributed by atoms with Crippen LogP contribution in [0.2, 0.25) is 0 Å². The van der Waals surface area contributed by atoms with E-state index in [0.717, 1.165) is 18.4 Å². The molecule has 0 bridgehead atoms. The molecule has 1 aliphatic heterocycles. The number of urea groups is 1. The third kappa shape index (κ3) is 4.46. The van der Waals surface area contributed by atoms with Crippen LogP contribution in [0.25, 0.3) is 17.0 Å². The first-order valence-electron chi connectivity index (χ1n) is 11.1. The third-order valence-corrected chi connectivity index (χ3v) is 5.81. The van der Waals surface area contributed by atoms with E-state index in [1.54, 1.807) is 37.3 Å². The number of allylic oxidation sites excluding steroid dienone is 1. The van der Waals surface area contributed by atoms with Crippen molar-refractivity contribution in [2.75, 3.05) is 20.8 Å². The maximum absolute atomic E-state index is 13.7. The summed E-state index contributed by atoms with van der Waals surface area (Å²) in [4.78, 5) is 19.3. The predicted molar refractivity (Wildman–Crippen MR) is 125 cm³/mol. The minimum atomic E-state index is -0.564. The minimum absolute atomic E-state index is 0.209. The van der Waals surface area contributed by atoms with Gasteiger partial charge in [0.1, 0.15) is 5.82 Å². The summed E-state index contributed by atoms with van der Waals surface area (Å²) in [5.74, 6) is 1.23. The van der Waals surface area contributed by atoms with Crippen LogP contribution in [0.3, 0.4) is 0 Å². The van der Waals surface area contributed by atoms with E-state index in [0.29, 0.717) is 34.9 Å². The molecule has 1 N–H and O–H groups in total. The average molecular weight is 467 g/mol. The number of aromatic nitrogens is 2. The minimum Gasteiger partial charge on any atom is -0.493 e. The molecular weight excluding hydrogens is 439 g/mol. The highest BCUT2D eigenvalue weighted by Gasteiger charge is 2.36. The number of benzene rings is 2. The molecule has 0 saturated heterocycles. The Morgan fingerprint density at radius 2 is 1.94 bits per heavy atom. The highest BCUT2D eigenvalue weighted by molar-refractivity contribution is 5.87. The van der Waals surface area contributed by atoms with Crippen LogP contribution in [0, 0.1) is 5.82 Å². The largest absolute Gasteiger partial charge is 0.493 e. The molecule has 2 amide bonds. The number of rotatable bonds is 8. The molecular formula is C25H27FN4O4. The zero-order valence-corrected chi connectivity index (χ0v) is 19.6. The lowest BCUT2D eigenvalue weighted by Crippen LogP contribution is -2.46. The fourth-order valence-corrected chi connectivity index (χ4v) is 4.00. The van der Waals surface area contributed by atoms with E-state index in [4.69, 9.17) is 14.0 Å². The molecule has 0 fully saturated rings. The molecule has 1 aliphatic rings. The molecule has 1 atom stereocenters. The van der Waals surface area contributed by atoms with E-state index in [-0.39, 0.29) is 17.7 Å². The lowest BCUT2D eigenvalue weighted by Gasteiger charge is -2.35. The SMILES string of the molecule is CCCCN1C(=O)NC(c2ccc(OC)c(OC)c2)C(c2nc(-c3cccc(F)c3)no2)=C1C. The smallest absolute Gasteiger partial charge is 0.322 e. The van der Waals surface area contributed by atoms with Gasteiger partial charge in [-0.3, -0.25) is 4.90 Å². The van der Waals surface area contributed by atoms with Crippen LogP contribution in [0.5, 0.6) is 11.5 Å². The van der Waals surface area contributed by atoms with Crippen LogP contribution in [0.1, 0.15) is 44.2 Å². The number of methoxy groups -OCH3 is 2. The summed E-state index contributed by atoms with van der Waals surface area (Å²) >= 11 is 0. The molecule has 178 valence electrons. The lowest BCUT2D eigenvalue weighted by molar-refractivity contribution is 0.204. The van der Waals surface area contributed by atoms with Crippen molar-refractivity contribution in [2.45, 2.75) is 32.7 Å². The second-order valence-electron chi connectivity index (χ2n) is 7.93. The van der Waals surface area contributed by atoms with Gasteiger partial charge >= 0.3 is 6.03 Å². The van der Waals surface area contributed by atoms with E-state index >= 15 is 0 Å². The fraction of sp³-hybridized carbons (Fsp3) is 0.320. The highest BCUT2D eigenvalue weighted by atomic mass is 19.1. The van der Waals surface area contributed by atoms with Crippen molar-refractivity contribution in [1.82, 2.24) is 20.4 Å². The fourth-order valence-electron chi connectivity index (χ4n) is 4.00. The number of halogens is 1. The second kappa shape index (κ2) is 9.94. The molecule has 0 radical (unpaired) electrons. The first-order valence-corrected chi connectivity index (χ1v) is 11.1. The van der Waals surface area contributed by atoms with Gasteiger partial charge in [-0.2, -0.15) is 4.98 Å². The Kier molecular flexibility index (Phi) is 6.81. The van der Waals surface area contributed by atoms with Crippen molar-refractivity contribution in [3.05, 3.63) is 65.4 Å². The average Bonchev–Trinajstić information content (AvgIpc) is 3.33. The van der Waals surface area contributed by atoms with Crippen LogP contribution >= 0.6 is 0 Å². The van der Waals surface area contributed by atoms with Crippen molar-refractivity contribution >= 4 is 11.6 Å². The number of unbranched alkanes of at least 4 members (excludes halogenated alkanes) is 1. The van der Waals surface area contributed by atoms with Gasteiger partial charge in [-0.1, -0.05) is 36.7 Å². The van der Waals surface area contributed by atoms with Crippen molar-refractivity contribution in [3.63, 3.8) is 0 Å². The quantitative estimate of drug-likeness (QED) is 0.491. The molecule has 2 heterocycles. The zero-order valence-electron chi connectivity index (χ0n) is 19.6. The van der Waals surface area contributed by atoms with Crippen LogP contribution < -0.4 is 14.8 Å². The normalized spacial score (nSPS) is 16.0. The van der Waals surface area contributed by atoms with E-state index < -0.39 is 11.9 Å². The Bertz CT molecular complexity index is 1220. The molecule has 1 unspecified atom stereocenters. The van der Waals surface area contributed by atoms with Crippen molar-refractivity contribution in [2.24, 2.45) is 0 Å². The van der Waals surface area contributed by atoms with Gasteiger partial charge in [0.05, 0.1) is 25.8 Å². The molecule has 0 spiro atoms. The highest BCUT2D eigenvalue weighted by Crippen LogP contribution is 2.40. The molecule has 0 saturated carbocycles. The number of nitrogens with zero attached hydrogens (tertiary/aromatic N) is 3. The van der Waals surface area contributed by atoms with E-state index in [2.05, 4.69) is 22.4 Å². The number of amides is 2. The third-order valence-electron chi connectivity index (χ3n) is 5.81. The van der Waals surface area contributed by atoms with Crippen LogP contribution in [-0.2, 0) is 0 Å². The summed E-state index contributed by atoms with van der Waals surface area (Å²) in [5, 5.41) is 7.13. The molecule has 3 aromatic rings. The van der Waals surface area contributed by atoms with Crippen LogP contribution in [0.15, 0.2) is 52.7 Å². The summed E-state index contributed by atoms with van der Waals surface area (Å²) in [6.45, 7) is 4.49. The van der Waals surface area contributed by atoms with Gasteiger partial charge in [0.25, 0.3) is 5.89 Å². The van der Waals surface area contributed by atoms with E-state index in [9.17, 15) is 9.18 Å². The molecule has 8 nitrogen and oxygen atoms in total. The van der Waals surface area contributed by atoms with Gasteiger partial charge < -0.3 is 19.3 Å². The van der Waals surface area contributed by atoms with Crippen LogP contribution in [-0.4, -0.2) is 41.8 Å². The predicted octanol–water partition coefficient (Wildman–Crippen LogP) is 5.19. The maximum Gasteiger partial charge on any atom is 0.322 e. The summed E-state index contributed by atoms with van der Waals surface area (Å²) < 4.78 is 30.2. The van der Waals surface area contributed by atoms with Crippen molar-refractivity contribution in [3.8, 4) is 22.9 Å². The lowest BCUT2D eigenvalue weighted by atomic mass is 9.94. The van der Waals surface area contributed by atoms with Gasteiger partial charge in [-0.15, -0.1) is 0 Å². The number of ether oxygens (including phenoxy) is 2. The molecule has 9 heteroatoms. The summed E-state index contributed by atoms with van der Waals surface area (Å²) in [6.07, 6.45) is 1.78. The van der Waals surface area contributed by atoms with Crippen molar-refractivity contribution < 1.29 is 23.2 Å². The second-order valence-corrected chi connectivity index (χ2v) is 7.93. The van der Waals surface area contributed by atoms with E-state index in [1.807, 2.05) is 19.1 Å². The summed E-state index contributed by atoms with van der Waals surface area (Å²) in [6, 6.07) is 10.7. The van der Waals surface area contributed by atoms with Gasteiger partial charge in [-0.25, -0.2) is 9.18 Å². The molecule has 2 aromatic carbocycles. The molecule has 1 aromatic heterocycles. The summed E-state index contributed by atoms with van der Waals surface area (Å²) in [5.41, 5.74) is 2.64. The van der Waals surface area contributed by atoms with Gasteiger partial charge in [0.15, 0.2) is 11.5 Å². The zero-order chi connectivity index (χ0) is 24.2. The van der Waals surface area contributed by atoms with Gasteiger partial charge in [0, 0.05) is 17.8 Å². The first kappa shape index (κ1) is 23.3. The number of nitrogens with one attached hydrogen (secondary N) is 1. The Labute approximate surface area is 197 Å². The Morgan fingerprint density at radius 1 is 1.15 bits per heavy atom. The number of carbonyl (C=O) groups excluding carboxylic acids is 1. The standard InChI is InChI=1S/C25H27FN4O4/c1-5-6-12-30-15(2)21(24-28-23(29-34-24)17-8-7-9-18(26)13-17)22(27-25(30)31)16-10-11-19(32-3)20(14-16)33-4/h7-11,13-14,22H,5-6,12H2,1-4H3,(H,27,31). The van der Waals surface area contributed by atoms with Crippen molar-refractivity contribution in [1.29, 1.82) is 0 Å². The monoisotopic (exact) mass is 466 g/mol. The number of hydrogen-bond donors (Lipinski definition) is 1. The Morgan fingerprint density at radius 3 is 2.65 bits per heavy atom. The topological polar surface area (TPSA) is 89.7 Å². The van der Waals surface area contributed by atoms with Gasteiger partial charge in [-0.05, 0) is 43.2 Å². The molecule has 0 aliphatic carbocycles. The Hall–Kier alpha value is -3.88. The van der Waals surface area contributed by atoms with E-state index in [1.165, 1.54) is 12.1 Å². The maximum atomic E-state index is 13.7. The Balaban J connectivity index is 1.82. The van der Waals surface area contributed by atoms with Gasteiger partial charge in [0.2, 0.25) is 5.82 Å².